The third-order valence-corrected chi connectivity index (χ3v) is 5.29. The van der Waals surface area contributed by atoms with Gasteiger partial charge in [-0.2, -0.15) is 0 Å². The summed E-state index contributed by atoms with van der Waals surface area (Å²) in [6, 6.07) is 9.37. The number of Topliss-reactive ketones (excluding diaryl/α,β-unsaturated/α-hetero) is 1. The first-order chi connectivity index (χ1) is 14.7. The van der Waals surface area contributed by atoms with Crippen molar-refractivity contribution in [1.29, 1.82) is 0 Å². The van der Waals surface area contributed by atoms with Gasteiger partial charge in [-0.05, 0) is 56.9 Å². The van der Waals surface area contributed by atoms with E-state index in [1.807, 2.05) is 25.9 Å². The van der Waals surface area contributed by atoms with E-state index >= 15 is 0 Å². The Morgan fingerprint density at radius 2 is 1.97 bits per heavy atom. The van der Waals surface area contributed by atoms with Crippen LogP contribution in [-0.2, 0) is 9.59 Å². The first-order valence-electron chi connectivity index (χ1n) is 9.86. The van der Waals surface area contributed by atoms with Crippen molar-refractivity contribution in [2.45, 2.75) is 13.0 Å². The van der Waals surface area contributed by atoms with Crippen LogP contribution in [0.5, 0.6) is 5.75 Å². The van der Waals surface area contributed by atoms with Crippen LogP contribution in [0.3, 0.4) is 0 Å². The number of likely N-dealkylation sites (tertiary alicyclic amines) is 1. The van der Waals surface area contributed by atoms with Crippen molar-refractivity contribution in [2.75, 3.05) is 33.8 Å². The maximum Gasteiger partial charge on any atom is 0.295 e. The molecular weight excluding hydrogens is 423 g/mol. The highest BCUT2D eigenvalue weighted by Crippen LogP contribution is 2.40. The molecule has 3 rings (SSSR count). The Bertz CT molecular complexity index is 1040. The molecule has 1 atom stereocenters. The van der Waals surface area contributed by atoms with E-state index in [1.54, 1.807) is 18.2 Å². The molecule has 1 unspecified atom stereocenters. The first-order valence-corrected chi connectivity index (χ1v) is 10.2. The molecule has 1 amide bonds. The van der Waals surface area contributed by atoms with E-state index in [0.29, 0.717) is 24.5 Å². The van der Waals surface area contributed by atoms with Crippen molar-refractivity contribution in [3.63, 3.8) is 0 Å². The minimum atomic E-state index is -0.916. The summed E-state index contributed by atoms with van der Waals surface area (Å²) in [7, 11) is 3.69. The monoisotopic (exact) mass is 446 g/mol. The summed E-state index contributed by atoms with van der Waals surface area (Å²) in [5.74, 6) is -2.00. The van der Waals surface area contributed by atoms with Crippen LogP contribution in [0.25, 0.3) is 5.76 Å². The van der Waals surface area contributed by atoms with E-state index in [1.165, 1.54) is 29.2 Å². The molecule has 2 aromatic rings. The van der Waals surface area contributed by atoms with Crippen molar-refractivity contribution in [2.24, 2.45) is 0 Å². The Balaban J connectivity index is 2.13. The standard InChI is InChI=1S/C23H24ClFN2O4/c1-4-31-18-9-8-15(13-17(18)24)21(28)19-20(14-6-5-7-16(25)12-14)27(11-10-26(2)3)23(30)22(19)29/h5-9,12-13,20,28H,4,10-11H2,1-3H3. The largest absolute Gasteiger partial charge is 0.507 e. The SMILES string of the molecule is CCOc1ccc(C(O)=C2C(=O)C(=O)N(CCN(C)C)C2c2cccc(F)c2)cc1Cl. The molecule has 164 valence electrons. The van der Waals surface area contributed by atoms with E-state index in [2.05, 4.69) is 0 Å². The molecule has 1 fully saturated rings. The maximum absolute atomic E-state index is 14.0. The zero-order valence-corrected chi connectivity index (χ0v) is 18.3. The van der Waals surface area contributed by atoms with Crippen molar-refractivity contribution in [3.05, 3.63) is 70.0 Å². The number of likely N-dealkylation sites (N-methyl/N-ethyl adjacent to an activating group) is 1. The average molecular weight is 447 g/mol. The van der Waals surface area contributed by atoms with Gasteiger partial charge in [0.05, 0.1) is 23.2 Å². The lowest BCUT2D eigenvalue weighted by Gasteiger charge is -2.26. The van der Waals surface area contributed by atoms with Gasteiger partial charge in [0, 0.05) is 18.7 Å². The molecule has 0 radical (unpaired) electrons. The average Bonchev–Trinajstić information content (AvgIpc) is 2.98. The molecule has 1 aliphatic heterocycles. The second-order valence-electron chi connectivity index (χ2n) is 7.43. The topological polar surface area (TPSA) is 70.1 Å². The Morgan fingerprint density at radius 3 is 2.58 bits per heavy atom. The molecule has 0 aromatic heterocycles. The molecule has 1 heterocycles. The fraction of sp³-hybridized carbons (Fsp3) is 0.304. The minimum Gasteiger partial charge on any atom is -0.507 e. The molecule has 1 aliphatic rings. The van der Waals surface area contributed by atoms with E-state index < -0.39 is 23.5 Å². The van der Waals surface area contributed by atoms with E-state index in [0.717, 1.165) is 0 Å². The van der Waals surface area contributed by atoms with Gasteiger partial charge >= 0.3 is 0 Å². The van der Waals surface area contributed by atoms with Crippen LogP contribution >= 0.6 is 11.6 Å². The van der Waals surface area contributed by atoms with Gasteiger partial charge in [0.2, 0.25) is 0 Å². The molecule has 0 saturated carbocycles. The number of amides is 1. The molecule has 0 aliphatic carbocycles. The lowest BCUT2D eigenvalue weighted by molar-refractivity contribution is -0.140. The summed E-state index contributed by atoms with van der Waals surface area (Å²) in [4.78, 5) is 29.0. The highest BCUT2D eigenvalue weighted by atomic mass is 35.5. The van der Waals surface area contributed by atoms with Gasteiger partial charge in [0.1, 0.15) is 17.3 Å². The van der Waals surface area contributed by atoms with Crippen molar-refractivity contribution < 1.29 is 23.8 Å². The first kappa shape index (κ1) is 22.8. The summed E-state index contributed by atoms with van der Waals surface area (Å²) in [5.41, 5.74) is 0.562. The summed E-state index contributed by atoms with van der Waals surface area (Å²) in [5, 5.41) is 11.3. The molecule has 0 spiro atoms. The Labute approximate surface area is 185 Å². The molecular formula is C23H24ClFN2O4. The number of carbonyl (C=O) groups is 2. The summed E-state index contributed by atoms with van der Waals surface area (Å²) in [6.07, 6.45) is 0. The van der Waals surface area contributed by atoms with Crippen molar-refractivity contribution >= 4 is 29.1 Å². The molecule has 1 N–H and O–H groups in total. The van der Waals surface area contributed by atoms with Crippen LogP contribution in [-0.4, -0.2) is 60.4 Å². The number of halogens is 2. The molecule has 6 nitrogen and oxygen atoms in total. The van der Waals surface area contributed by atoms with Crippen LogP contribution in [0.2, 0.25) is 5.02 Å². The third kappa shape index (κ3) is 4.73. The molecule has 31 heavy (non-hydrogen) atoms. The smallest absolute Gasteiger partial charge is 0.295 e. The van der Waals surface area contributed by atoms with Crippen molar-refractivity contribution in [1.82, 2.24) is 9.80 Å². The number of hydrogen-bond donors (Lipinski definition) is 1. The van der Waals surface area contributed by atoms with Gasteiger partial charge in [-0.25, -0.2) is 4.39 Å². The number of ether oxygens (including phenoxy) is 1. The van der Waals surface area contributed by atoms with Crippen LogP contribution < -0.4 is 4.74 Å². The Morgan fingerprint density at radius 1 is 1.23 bits per heavy atom. The minimum absolute atomic E-state index is 0.102. The number of rotatable bonds is 7. The third-order valence-electron chi connectivity index (χ3n) is 5.00. The molecule has 1 saturated heterocycles. The predicted molar refractivity (Wildman–Crippen MR) is 117 cm³/mol. The van der Waals surface area contributed by atoms with Crippen LogP contribution in [0, 0.1) is 5.82 Å². The number of ketones is 1. The van der Waals surface area contributed by atoms with E-state index in [-0.39, 0.29) is 28.5 Å². The Kier molecular flexibility index (Phi) is 6.97. The van der Waals surface area contributed by atoms with E-state index in [9.17, 15) is 19.1 Å². The Hall–Kier alpha value is -2.90. The zero-order valence-electron chi connectivity index (χ0n) is 17.6. The number of hydrogen-bond acceptors (Lipinski definition) is 5. The fourth-order valence-electron chi connectivity index (χ4n) is 3.52. The molecule has 2 aromatic carbocycles. The summed E-state index contributed by atoms with van der Waals surface area (Å²) in [6.45, 7) is 2.97. The van der Waals surface area contributed by atoms with Gasteiger partial charge in [-0.15, -0.1) is 0 Å². The molecule has 0 bridgehead atoms. The van der Waals surface area contributed by atoms with Crippen LogP contribution in [0.15, 0.2) is 48.0 Å². The normalized spacial score (nSPS) is 18.1. The highest BCUT2D eigenvalue weighted by molar-refractivity contribution is 6.46. The number of aliphatic hydroxyl groups excluding tert-OH is 1. The summed E-state index contributed by atoms with van der Waals surface area (Å²) < 4.78 is 19.4. The fourth-order valence-corrected chi connectivity index (χ4v) is 3.75. The number of aliphatic hydroxyl groups is 1. The number of nitrogens with zero attached hydrogens (tertiary/aromatic N) is 2. The van der Waals surface area contributed by atoms with Crippen LogP contribution in [0.1, 0.15) is 24.1 Å². The predicted octanol–water partition coefficient (Wildman–Crippen LogP) is 3.86. The van der Waals surface area contributed by atoms with Gasteiger partial charge in [0.25, 0.3) is 11.7 Å². The second-order valence-corrected chi connectivity index (χ2v) is 7.84. The van der Waals surface area contributed by atoms with Gasteiger partial charge in [0.15, 0.2) is 0 Å². The van der Waals surface area contributed by atoms with Crippen LogP contribution in [0.4, 0.5) is 4.39 Å². The van der Waals surface area contributed by atoms with Gasteiger partial charge in [-0.1, -0.05) is 23.7 Å². The van der Waals surface area contributed by atoms with Gasteiger partial charge < -0.3 is 19.6 Å². The number of carbonyl (C=O) groups excluding carboxylic acids is 2. The summed E-state index contributed by atoms with van der Waals surface area (Å²) >= 11 is 6.24. The van der Waals surface area contributed by atoms with Gasteiger partial charge in [-0.3, -0.25) is 9.59 Å². The molecule has 8 heteroatoms. The highest BCUT2D eigenvalue weighted by Gasteiger charge is 2.46. The lowest BCUT2D eigenvalue weighted by Crippen LogP contribution is -2.35. The number of benzene rings is 2. The maximum atomic E-state index is 14.0. The van der Waals surface area contributed by atoms with E-state index in [4.69, 9.17) is 16.3 Å². The quantitative estimate of drug-likeness (QED) is 0.397. The van der Waals surface area contributed by atoms with Crippen molar-refractivity contribution in [3.8, 4) is 5.75 Å². The zero-order chi connectivity index (χ0) is 22.7. The second kappa shape index (κ2) is 9.49. The lowest BCUT2D eigenvalue weighted by atomic mass is 9.95.